The van der Waals surface area contributed by atoms with Crippen LogP contribution < -0.4 is 5.56 Å². The number of hydrogen-bond donors (Lipinski definition) is 0. The first kappa shape index (κ1) is 21.7. The van der Waals surface area contributed by atoms with E-state index >= 15 is 0 Å². The molecule has 0 saturated heterocycles. The minimum absolute atomic E-state index is 0.0812. The number of aryl methyl sites for hydroxylation is 2. The fourth-order valence-corrected chi connectivity index (χ4v) is 3.97. The predicted octanol–water partition coefficient (Wildman–Crippen LogP) is 6.42. The first-order valence-corrected chi connectivity index (χ1v) is 11.1. The van der Waals surface area contributed by atoms with Gasteiger partial charge in [0.05, 0.1) is 17.8 Å². The number of benzene rings is 3. The maximum Gasteiger partial charge on any atom is 0.261 e. The normalized spacial score (nSPS) is 11.0. The molecule has 0 fully saturated rings. The summed E-state index contributed by atoms with van der Waals surface area (Å²) < 4.78 is 15.2. The summed E-state index contributed by atoms with van der Waals surface area (Å²) in [5, 5.41) is 0. The van der Waals surface area contributed by atoms with E-state index in [1.165, 1.54) is 12.1 Å². The van der Waals surface area contributed by atoms with Crippen LogP contribution in [0.2, 0.25) is 0 Å². The third-order valence-corrected chi connectivity index (χ3v) is 5.72. The third-order valence-electron chi connectivity index (χ3n) is 5.72. The summed E-state index contributed by atoms with van der Waals surface area (Å²) >= 11 is 0. The summed E-state index contributed by atoms with van der Waals surface area (Å²) in [6.45, 7) is 4.44. The van der Waals surface area contributed by atoms with E-state index in [4.69, 9.17) is 4.98 Å². The van der Waals surface area contributed by atoms with Crippen LogP contribution in [0.4, 0.5) is 4.39 Å². The van der Waals surface area contributed by atoms with Gasteiger partial charge in [-0.3, -0.25) is 9.36 Å². The molecule has 162 valence electrons. The Morgan fingerprint density at radius 1 is 0.844 bits per heavy atom. The average Bonchev–Trinajstić information content (AvgIpc) is 2.82. The van der Waals surface area contributed by atoms with E-state index in [2.05, 4.69) is 43.3 Å². The SMILES string of the molecule is CCCCc1nc(C)c(-c2ccc(F)cc2)c(=O)n1Cc1ccc(-c2ccccc2)cc1. The van der Waals surface area contributed by atoms with E-state index in [0.29, 0.717) is 23.4 Å². The highest BCUT2D eigenvalue weighted by molar-refractivity contribution is 5.65. The van der Waals surface area contributed by atoms with Crippen molar-refractivity contribution in [3.63, 3.8) is 0 Å². The summed E-state index contributed by atoms with van der Waals surface area (Å²) in [6, 6.07) is 24.6. The van der Waals surface area contributed by atoms with Gasteiger partial charge in [0.15, 0.2) is 0 Å². The molecule has 4 heteroatoms. The Labute approximate surface area is 188 Å². The predicted molar refractivity (Wildman–Crippen MR) is 128 cm³/mol. The monoisotopic (exact) mass is 426 g/mol. The van der Waals surface area contributed by atoms with Crippen molar-refractivity contribution < 1.29 is 4.39 Å². The molecule has 4 aromatic rings. The number of halogens is 1. The van der Waals surface area contributed by atoms with Gasteiger partial charge in [-0.2, -0.15) is 0 Å². The zero-order chi connectivity index (χ0) is 22.5. The average molecular weight is 427 g/mol. The zero-order valence-electron chi connectivity index (χ0n) is 18.5. The lowest BCUT2D eigenvalue weighted by Crippen LogP contribution is -2.28. The number of nitrogens with zero attached hydrogens (tertiary/aromatic N) is 2. The molecule has 0 radical (unpaired) electrons. The van der Waals surface area contributed by atoms with Crippen molar-refractivity contribution >= 4 is 0 Å². The standard InChI is InChI=1S/C28H27FN2O/c1-3-4-10-26-30-20(2)27(24-15-17-25(29)18-16-24)28(32)31(26)19-21-11-13-23(14-12-21)22-8-6-5-7-9-22/h5-9,11-18H,3-4,10,19H2,1-2H3. The van der Waals surface area contributed by atoms with E-state index in [0.717, 1.165) is 41.8 Å². The van der Waals surface area contributed by atoms with Gasteiger partial charge in [0.2, 0.25) is 0 Å². The molecule has 0 saturated carbocycles. The maximum atomic E-state index is 13.6. The van der Waals surface area contributed by atoms with Crippen LogP contribution in [-0.4, -0.2) is 9.55 Å². The molecule has 0 unspecified atom stereocenters. The van der Waals surface area contributed by atoms with Crippen molar-refractivity contribution in [2.75, 3.05) is 0 Å². The first-order chi connectivity index (χ1) is 15.6. The molecule has 0 atom stereocenters. The molecule has 0 amide bonds. The van der Waals surface area contributed by atoms with Gasteiger partial charge in [-0.1, -0.05) is 80.1 Å². The van der Waals surface area contributed by atoms with Crippen molar-refractivity contribution in [1.29, 1.82) is 0 Å². The quantitative estimate of drug-likeness (QED) is 0.342. The lowest BCUT2D eigenvalue weighted by molar-refractivity contribution is 0.627. The molecule has 0 spiro atoms. The minimum atomic E-state index is -0.322. The first-order valence-electron chi connectivity index (χ1n) is 11.1. The van der Waals surface area contributed by atoms with Gasteiger partial charge in [-0.15, -0.1) is 0 Å². The molecule has 3 nitrogen and oxygen atoms in total. The van der Waals surface area contributed by atoms with Gasteiger partial charge in [-0.25, -0.2) is 9.37 Å². The summed E-state index contributed by atoms with van der Waals surface area (Å²) in [5.41, 5.74) is 5.17. The molecule has 0 aliphatic carbocycles. The minimum Gasteiger partial charge on any atom is -0.292 e. The lowest BCUT2D eigenvalue weighted by Gasteiger charge is -2.16. The van der Waals surface area contributed by atoms with Crippen LogP contribution in [0.3, 0.4) is 0 Å². The molecular formula is C28H27FN2O. The van der Waals surface area contributed by atoms with Crippen LogP contribution in [-0.2, 0) is 13.0 Å². The molecule has 3 aromatic carbocycles. The second-order valence-corrected chi connectivity index (χ2v) is 8.05. The Kier molecular flexibility index (Phi) is 6.60. The van der Waals surface area contributed by atoms with Gasteiger partial charge in [-0.05, 0) is 47.7 Å². The molecule has 0 bridgehead atoms. The number of aromatic nitrogens is 2. The summed E-state index contributed by atoms with van der Waals surface area (Å²) in [5.74, 6) is 0.477. The molecule has 1 heterocycles. The molecule has 32 heavy (non-hydrogen) atoms. The van der Waals surface area contributed by atoms with Crippen molar-refractivity contribution in [3.8, 4) is 22.3 Å². The summed E-state index contributed by atoms with van der Waals surface area (Å²) in [4.78, 5) is 18.4. The molecule has 1 aromatic heterocycles. The molecule has 0 aliphatic heterocycles. The highest BCUT2D eigenvalue weighted by Crippen LogP contribution is 2.22. The van der Waals surface area contributed by atoms with E-state index in [9.17, 15) is 9.18 Å². The Balaban J connectivity index is 1.73. The van der Waals surface area contributed by atoms with Crippen LogP contribution in [0.1, 0.15) is 36.8 Å². The summed E-state index contributed by atoms with van der Waals surface area (Å²) in [6.07, 6.45) is 2.74. The van der Waals surface area contributed by atoms with E-state index in [-0.39, 0.29) is 11.4 Å². The Morgan fingerprint density at radius 3 is 2.12 bits per heavy atom. The molecule has 0 N–H and O–H groups in total. The van der Waals surface area contributed by atoms with Gasteiger partial charge < -0.3 is 0 Å². The molecular weight excluding hydrogens is 399 g/mol. The van der Waals surface area contributed by atoms with E-state index < -0.39 is 0 Å². The zero-order valence-corrected chi connectivity index (χ0v) is 18.5. The Bertz CT molecular complexity index is 1240. The van der Waals surface area contributed by atoms with Gasteiger partial charge in [0.1, 0.15) is 11.6 Å². The van der Waals surface area contributed by atoms with Crippen LogP contribution in [0.15, 0.2) is 83.7 Å². The molecule has 4 rings (SSSR count). The van der Waals surface area contributed by atoms with Crippen molar-refractivity contribution in [3.05, 3.63) is 112 Å². The van der Waals surface area contributed by atoms with Crippen molar-refractivity contribution in [1.82, 2.24) is 9.55 Å². The third kappa shape index (κ3) is 4.70. The van der Waals surface area contributed by atoms with Gasteiger partial charge in [0, 0.05) is 6.42 Å². The number of hydrogen-bond acceptors (Lipinski definition) is 2. The van der Waals surface area contributed by atoms with Crippen molar-refractivity contribution in [2.24, 2.45) is 0 Å². The van der Waals surface area contributed by atoms with Crippen molar-refractivity contribution in [2.45, 2.75) is 39.7 Å². The van der Waals surface area contributed by atoms with Gasteiger partial charge in [0.25, 0.3) is 5.56 Å². The largest absolute Gasteiger partial charge is 0.292 e. The second kappa shape index (κ2) is 9.73. The fourth-order valence-electron chi connectivity index (χ4n) is 3.97. The van der Waals surface area contributed by atoms with Crippen LogP contribution in [0.25, 0.3) is 22.3 Å². The van der Waals surface area contributed by atoms with Crippen LogP contribution >= 0.6 is 0 Å². The Hall–Kier alpha value is -3.53. The topological polar surface area (TPSA) is 34.9 Å². The number of unbranched alkanes of at least 4 members (excludes halogenated alkanes) is 1. The fraction of sp³-hybridized carbons (Fsp3) is 0.214. The van der Waals surface area contributed by atoms with E-state index in [1.807, 2.05) is 25.1 Å². The van der Waals surface area contributed by atoms with Crippen LogP contribution in [0.5, 0.6) is 0 Å². The molecule has 0 aliphatic rings. The number of rotatable bonds is 7. The Morgan fingerprint density at radius 2 is 1.47 bits per heavy atom. The lowest BCUT2D eigenvalue weighted by atomic mass is 10.0. The summed E-state index contributed by atoms with van der Waals surface area (Å²) in [7, 11) is 0. The maximum absolute atomic E-state index is 13.6. The second-order valence-electron chi connectivity index (χ2n) is 8.05. The smallest absolute Gasteiger partial charge is 0.261 e. The van der Waals surface area contributed by atoms with E-state index in [1.54, 1.807) is 16.7 Å². The van der Waals surface area contributed by atoms with Gasteiger partial charge >= 0.3 is 0 Å². The highest BCUT2D eigenvalue weighted by atomic mass is 19.1. The van der Waals surface area contributed by atoms with Crippen LogP contribution in [0, 0.1) is 12.7 Å². The highest BCUT2D eigenvalue weighted by Gasteiger charge is 2.16.